The van der Waals surface area contributed by atoms with Crippen LogP contribution in [0.5, 0.6) is 0 Å². The topological polar surface area (TPSA) is 69.7 Å². The first-order chi connectivity index (χ1) is 10.4. The Kier molecular flexibility index (Phi) is 3.72. The average Bonchev–Trinajstić information content (AvgIpc) is 3.23. The predicted molar refractivity (Wildman–Crippen MR) is 81.4 cm³/mol. The number of halogens is 1. The first kappa shape index (κ1) is 15.1. The summed E-state index contributed by atoms with van der Waals surface area (Å²) in [5.41, 5.74) is 0.740. The molecule has 1 heterocycles. The van der Waals surface area contributed by atoms with Gasteiger partial charge in [-0.2, -0.15) is 8.42 Å². The van der Waals surface area contributed by atoms with Crippen molar-refractivity contribution in [1.29, 1.82) is 0 Å². The van der Waals surface area contributed by atoms with E-state index in [0.717, 1.165) is 21.5 Å². The third kappa shape index (κ3) is 2.75. The number of anilines is 2. The van der Waals surface area contributed by atoms with E-state index in [2.05, 4.69) is 5.32 Å². The highest BCUT2D eigenvalue weighted by Gasteiger charge is 2.37. The van der Waals surface area contributed by atoms with Crippen molar-refractivity contribution in [1.82, 2.24) is 5.32 Å². The largest absolute Gasteiger partial charge is 0.354 e. The van der Waals surface area contributed by atoms with E-state index in [0.29, 0.717) is 23.7 Å². The van der Waals surface area contributed by atoms with E-state index in [1.165, 1.54) is 25.2 Å². The molecule has 120 valence electrons. The van der Waals surface area contributed by atoms with Crippen LogP contribution in [0.4, 0.5) is 15.8 Å². The summed E-state index contributed by atoms with van der Waals surface area (Å²) in [6, 6.07) is 3.86. The summed E-state index contributed by atoms with van der Waals surface area (Å²) in [6.45, 7) is 0.286. The van der Waals surface area contributed by atoms with E-state index in [-0.39, 0.29) is 19.0 Å². The maximum absolute atomic E-state index is 13.4. The zero-order chi connectivity index (χ0) is 15.9. The Morgan fingerprint density at radius 3 is 2.77 bits per heavy atom. The minimum atomic E-state index is -3.70. The van der Waals surface area contributed by atoms with Crippen molar-refractivity contribution in [3.8, 4) is 0 Å². The maximum Gasteiger partial charge on any atom is 0.326 e. The number of hydrogen-bond acceptors (Lipinski definition) is 3. The van der Waals surface area contributed by atoms with Gasteiger partial charge in [-0.1, -0.05) is 0 Å². The maximum atomic E-state index is 13.4. The van der Waals surface area contributed by atoms with Gasteiger partial charge < -0.3 is 5.32 Å². The van der Waals surface area contributed by atoms with Crippen LogP contribution in [0.15, 0.2) is 18.2 Å². The SMILES string of the molecule is CN1c2ccc(F)cc2N(CCNC(=O)CC2CC2)S1(=O)=O. The molecule has 0 saturated heterocycles. The van der Waals surface area contributed by atoms with Crippen molar-refractivity contribution in [3.63, 3.8) is 0 Å². The zero-order valence-corrected chi connectivity index (χ0v) is 13.1. The fourth-order valence-corrected chi connectivity index (χ4v) is 3.96. The summed E-state index contributed by atoms with van der Waals surface area (Å²) in [5.74, 6) is -0.0737. The van der Waals surface area contributed by atoms with Gasteiger partial charge in [-0.15, -0.1) is 0 Å². The molecule has 0 spiro atoms. The quantitative estimate of drug-likeness (QED) is 0.885. The number of rotatable bonds is 5. The standard InChI is InChI=1S/C14H18FN3O3S/c1-17-12-5-4-11(15)9-13(12)18(22(17,20)21)7-6-16-14(19)8-10-2-3-10/h4-5,9-10H,2-3,6-8H2,1H3,(H,16,19). The molecular weight excluding hydrogens is 309 g/mol. The number of fused-ring (bicyclic) bond motifs is 1. The second-order valence-electron chi connectivity index (χ2n) is 5.68. The van der Waals surface area contributed by atoms with Gasteiger partial charge in [0.2, 0.25) is 5.91 Å². The van der Waals surface area contributed by atoms with E-state index in [4.69, 9.17) is 0 Å². The summed E-state index contributed by atoms with van der Waals surface area (Å²) in [4.78, 5) is 11.6. The molecule has 22 heavy (non-hydrogen) atoms. The molecule has 3 rings (SSSR count). The van der Waals surface area contributed by atoms with E-state index >= 15 is 0 Å². The Morgan fingerprint density at radius 1 is 1.36 bits per heavy atom. The number of carbonyl (C=O) groups is 1. The Labute approximate surface area is 129 Å². The van der Waals surface area contributed by atoms with Gasteiger partial charge in [-0.25, -0.2) is 8.70 Å². The Bertz CT molecular complexity index is 703. The minimum Gasteiger partial charge on any atom is -0.354 e. The van der Waals surface area contributed by atoms with Gasteiger partial charge in [0.1, 0.15) is 5.82 Å². The first-order valence-electron chi connectivity index (χ1n) is 7.22. The Morgan fingerprint density at radius 2 is 2.09 bits per heavy atom. The molecule has 1 aliphatic heterocycles. The van der Waals surface area contributed by atoms with Crippen molar-refractivity contribution in [3.05, 3.63) is 24.0 Å². The molecule has 0 bridgehead atoms. The van der Waals surface area contributed by atoms with E-state index in [1.54, 1.807) is 0 Å². The third-order valence-electron chi connectivity index (χ3n) is 3.98. The molecule has 1 fully saturated rings. The van der Waals surface area contributed by atoms with Crippen molar-refractivity contribution >= 4 is 27.5 Å². The van der Waals surface area contributed by atoms with Crippen molar-refractivity contribution in [2.24, 2.45) is 5.92 Å². The van der Waals surface area contributed by atoms with Gasteiger partial charge in [0.25, 0.3) is 0 Å². The highest BCUT2D eigenvalue weighted by atomic mass is 32.2. The summed E-state index contributed by atoms with van der Waals surface area (Å²) in [5, 5.41) is 2.72. The van der Waals surface area contributed by atoms with E-state index in [9.17, 15) is 17.6 Å². The fourth-order valence-electron chi connectivity index (χ4n) is 2.55. The van der Waals surface area contributed by atoms with E-state index in [1.807, 2.05) is 0 Å². The van der Waals surface area contributed by atoms with Gasteiger partial charge in [0.05, 0.1) is 17.9 Å². The Hall–Kier alpha value is -1.83. The number of amides is 1. The highest BCUT2D eigenvalue weighted by Crippen LogP contribution is 2.39. The van der Waals surface area contributed by atoms with Crippen molar-refractivity contribution < 1.29 is 17.6 Å². The number of benzene rings is 1. The van der Waals surface area contributed by atoms with Crippen LogP contribution in [0, 0.1) is 11.7 Å². The smallest absolute Gasteiger partial charge is 0.326 e. The summed E-state index contributed by atoms with van der Waals surface area (Å²) < 4.78 is 40.3. The number of carbonyl (C=O) groups excluding carboxylic acids is 1. The normalized spacial score (nSPS) is 19.2. The summed E-state index contributed by atoms with van der Waals surface area (Å²) in [6.07, 6.45) is 2.68. The number of nitrogens with zero attached hydrogens (tertiary/aromatic N) is 2. The monoisotopic (exact) mass is 327 g/mol. The van der Waals surface area contributed by atoms with Crippen LogP contribution in [0.1, 0.15) is 19.3 Å². The molecule has 1 amide bonds. The van der Waals surface area contributed by atoms with Gasteiger partial charge in [-0.3, -0.25) is 9.10 Å². The molecule has 1 aromatic rings. The highest BCUT2D eigenvalue weighted by molar-refractivity contribution is 7.94. The molecule has 0 aromatic heterocycles. The Balaban J connectivity index is 1.69. The summed E-state index contributed by atoms with van der Waals surface area (Å²) >= 11 is 0. The van der Waals surface area contributed by atoms with Gasteiger partial charge in [-0.05, 0) is 30.9 Å². The molecule has 1 saturated carbocycles. The third-order valence-corrected chi connectivity index (χ3v) is 5.80. The zero-order valence-electron chi connectivity index (χ0n) is 12.3. The second kappa shape index (κ2) is 5.42. The second-order valence-corrected chi connectivity index (χ2v) is 7.56. The van der Waals surface area contributed by atoms with Crippen molar-refractivity contribution in [2.45, 2.75) is 19.3 Å². The molecule has 0 radical (unpaired) electrons. The fraction of sp³-hybridized carbons (Fsp3) is 0.500. The van der Waals surface area contributed by atoms with Crippen LogP contribution < -0.4 is 13.9 Å². The lowest BCUT2D eigenvalue weighted by Crippen LogP contribution is -2.40. The molecule has 6 nitrogen and oxygen atoms in total. The molecule has 8 heteroatoms. The van der Waals surface area contributed by atoms with Crippen LogP contribution in [0.2, 0.25) is 0 Å². The minimum absolute atomic E-state index is 0.0630. The molecular formula is C14H18FN3O3S. The molecule has 2 aliphatic rings. The molecule has 1 N–H and O–H groups in total. The molecule has 0 atom stereocenters. The number of nitrogens with one attached hydrogen (secondary N) is 1. The lowest BCUT2D eigenvalue weighted by Gasteiger charge is -2.19. The van der Waals surface area contributed by atoms with Crippen LogP contribution >= 0.6 is 0 Å². The van der Waals surface area contributed by atoms with Gasteiger partial charge in [0.15, 0.2) is 0 Å². The molecule has 1 aromatic carbocycles. The average molecular weight is 327 g/mol. The van der Waals surface area contributed by atoms with Crippen LogP contribution in [0.3, 0.4) is 0 Å². The van der Waals surface area contributed by atoms with Crippen LogP contribution in [-0.2, 0) is 15.0 Å². The van der Waals surface area contributed by atoms with Gasteiger partial charge >= 0.3 is 10.2 Å². The lowest BCUT2D eigenvalue weighted by molar-refractivity contribution is -0.121. The van der Waals surface area contributed by atoms with E-state index < -0.39 is 16.0 Å². The van der Waals surface area contributed by atoms with Crippen LogP contribution in [0.25, 0.3) is 0 Å². The summed E-state index contributed by atoms with van der Waals surface area (Å²) in [7, 11) is -2.27. The van der Waals surface area contributed by atoms with Crippen molar-refractivity contribution in [2.75, 3.05) is 28.7 Å². The van der Waals surface area contributed by atoms with Crippen LogP contribution in [-0.4, -0.2) is 34.5 Å². The predicted octanol–water partition coefficient (Wildman–Crippen LogP) is 1.24. The molecule has 1 aliphatic carbocycles. The number of hydrogen-bond donors (Lipinski definition) is 1. The lowest BCUT2D eigenvalue weighted by atomic mass is 10.2. The first-order valence-corrected chi connectivity index (χ1v) is 8.62. The van der Waals surface area contributed by atoms with Gasteiger partial charge in [0, 0.05) is 26.1 Å². The molecule has 0 unspecified atom stereocenters.